The fourth-order valence-electron chi connectivity index (χ4n) is 0.644. The maximum Gasteiger partial charge on any atom is 0.139 e. The molecule has 0 aromatic rings. The molecule has 73 valence electrons. The van der Waals surface area contributed by atoms with Crippen molar-refractivity contribution in [2.24, 2.45) is 5.73 Å². The summed E-state index contributed by atoms with van der Waals surface area (Å²) in [6, 6.07) is -1.26. The van der Waals surface area contributed by atoms with Gasteiger partial charge in [-0.1, -0.05) is 0 Å². The minimum absolute atomic E-state index is 0. The van der Waals surface area contributed by atoms with Crippen molar-refractivity contribution in [2.45, 2.75) is 24.4 Å². The quantitative estimate of drug-likeness (QED) is 0.230. The summed E-state index contributed by atoms with van der Waals surface area (Å²) in [5, 5.41) is 35.2. The van der Waals surface area contributed by atoms with Gasteiger partial charge in [-0.2, -0.15) is 0 Å². The van der Waals surface area contributed by atoms with Crippen LogP contribution in [0.15, 0.2) is 0 Å². The van der Waals surface area contributed by atoms with Crippen LogP contribution in [0.25, 0.3) is 0 Å². The van der Waals surface area contributed by atoms with E-state index in [9.17, 15) is 4.79 Å². The van der Waals surface area contributed by atoms with Crippen molar-refractivity contribution in [1.82, 2.24) is 0 Å². The van der Waals surface area contributed by atoms with Crippen molar-refractivity contribution < 1.29 is 25.2 Å². The SMILES string of the molecule is N[C@@H](C=O)[C@@H](O)[C@H](O)[C@H](O)CO.[Na]. The third-order valence-corrected chi connectivity index (χ3v) is 1.48. The first kappa shape index (κ1) is 15.9. The van der Waals surface area contributed by atoms with Gasteiger partial charge in [-0.3, -0.25) is 0 Å². The van der Waals surface area contributed by atoms with Gasteiger partial charge in [0.05, 0.1) is 12.6 Å². The van der Waals surface area contributed by atoms with Crippen LogP contribution in [0.1, 0.15) is 0 Å². The second kappa shape index (κ2) is 7.84. The summed E-state index contributed by atoms with van der Waals surface area (Å²) in [6.45, 7) is -0.705. The molecule has 0 aliphatic carbocycles. The molecule has 6 N–H and O–H groups in total. The van der Waals surface area contributed by atoms with Crippen molar-refractivity contribution in [1.29, 1.82) is 0 Å². The second-order valence-corrected chi connectivity index (χ2v) is 2.44. The maximum atomic E-state index is 10.0. The van der Waals surface area contributed by atoms with Crippen molar-refractivity contribution in [3.05, 3.63) is 0 Å². The molecule has 0 amide bonds. The Labute approximate surface area is 97.7 Å². The molecule has 0 aliphatic heterocycles. The van der Waals surface area contributed by atoms with E-state index in [1.807, 2.05) is 0 Å². The zero-order chi connectivity index (χ0) is 9.72. The van der Waals surface area contributed by atoms with E-state index in [2.05, 4.69) is 0 Å². The Hall–Kier alpha value is 0.470. The predicted octanol–water partition coefficient (Wildman–Crippen LogP) is -3.79. The van der Waals surface area contributed by atoms with E-state index in [1.54, 1.807) is 0 Å². The van der Waals surface area contributed by atoms with Crippen LogP contribution in [0.5, 0.6) is 0 Å². The molecule has 4 atom stereocenters. The van der Waals surface area contributed by atoms with Crippen LogP contribution in [0.3, 0.4) is 0 Å². The van der Waals surface area contributed by atoms with Gasteiger partial charge in [0, 0.05) is 29.6 Å². The largest absolute Gasteiger partial charge is 0.394 e. The summed E-state index contributed by atoms with van der Waals surface area (Å²) in [7, 11) is 0. The Bertz CT molecular complexity index is 147. The molecule has 0 rings (SSSR count). The molecule has 6 nitrogen and oxygen atoms in total. The summed E-state index contributed by atoms with van der Waals surface area (Å²) in [5.41, 5.74) is 5.04. The number of aliphatic hydroxyl groups is 4. The van der Waals surface area contributed by atoms with E-state index >= 15 is 0 Å². The second-order valence-electron chi connectivity index (χ2n) is 2.44. The molecule has 7 heteroatoms. The Balaban J connectivity index is 0. The van der Waals surface area contributed by atoms with Gasteiger partial charge < -0.3 is 31.0 Å². The third kappa shape index (κ3) is 5.04. The van der Waals surface area contributed by atoms with Crippen LogP contribution in [0, 0.1) is 0 Å². The van der Waals surface area contributed by atoms with E-state index in [0.717, 1.165) is 0 Å². The average molecular weight is 202 g/mol. The number of nitrogens with two attached hydrogens (primary N) is 1. The zero-order valence-corrected chi connectivity index (χ0v) is 9.37. The Morgan fingerprint density at radius 1 is 1.23 bits per heavy atom. The first-order chi connectivity index (χ1) is 5.54. The molecule has 0 heterocycles. The Morgan fingerprint density at radius 3 is 2.00 bits per heavy atom. The fourth-order valence-corrected chi connectivity index (χ4v) is 0.644. The molecule has 0 aromatic carbocycles. The van der Waals surface area contributed by atoms with Crippen LogP contribution >= 0.6 is 0 Å². The first-order valence-electron chi connectivity index (χ1n) is 3.40. The van der Waals surface area contributed by atoms with Crippen LogP contribution in [0.2, 0.25) is 0 Å². The van der Waals surface area contributed by atoms with E-state index in [1.165, 1.54) is 0 Å². The van der Waals surface area contributed by atoms with Crippen molar-refractivity contribution in [3.8, 4) is 0 Å². The molecule has 0 saturated heterocycles. The Kier molecular flexibility index (Phi) is 9.60. The molecule has 0 fully saturated rings. The van der Waals surface area contributed by atoms with E-state index in [0.29, 0.717) is 0 Å². The average Bonchev–Trinajstić information content (AvgIpc) is 2.12. The minimum Gasteiger partial charge on any atom is -0.394 e. The molecule has 1 radical (unpaired) electrons. The van der Waals surface area contributed by atoms with Gasteiger partial charge >= 0.3 is 0 Å². The van der Waals surface area contributed by atoms with Crippen LogP contribution in [0.4, 0.5) is 0 Å². The standard InChI is InChI=1S/C6H13NO5.Na/c7-3(1-8)5(11)6(12)4(10)2-9;/h1,3-6,9-12H,2,7H2;/t3-,4+,5+,6+;/m0./s1. The van der Waals surface area contributed by atoms with Crippen LogP contribution in [-0.4, -0.2) is 87.2 Å². The van der Waals surface area contributed by atoms with E-state index in [4.69, 9.17) is 26.2 Å². The van der Waals surface area contributed by atoms with Crippen LogP contribution < -0.4 is 5.73 Å². The first-order valence-corrected chi connectivity index (χ1v) is 3.40. The fraction of sp³-hybridized carbons (Fsp3) is 0.833. The van der Waals surface area contributed by atoms with Gasteiger partial charge in [0.1, 0.15) is 24.6 Å². The zero-order valence-electron chi connectivity index (χ0n) is 7.37. The van der Waals surface area contributed by atoms with Gasteiger partial charge in [0.2, 0.25) is 0 Å². The number of aliphatic hydroxyl groups excluding tert-OH is 4. The molecule has 0 spiro atoms. The molecular weight excluding hydrogens is 189 g/mol. The van der Waals surface area contributed by atoms with E-state index < -0.39 is 31.0 Å². The van der Waals surface area contributed by atoms with Gasteiger partial charge in [0.15, 0.2) is 0 Å². The number of carbonyl (C=O) groups is 1. The molecule has 0 aromatic heterocycles. The minimum atomic E-state index is -1.62. The topological polar surface area (TPSA) is 124 Å². The molecule has 0 unspecified atom stereocenters. The molecular formula is C6H13NNaO5. The number of hydrogen-bond donors (Lipinski definition) is 5. The molecule has 0 saturated carbocycles. The van der Waals surface area contributed by atoms with Gasteiger partial charge in [0.25, 0.3) is 0 Å². The van der Waals surface area contributed by atoms with Crippen molar-refractivity contribution in [3.63, 3.8) is 0 Å². The predicted molar refractivity (Wildman–Crippen MR) is 44.9 cm³/mol. The van der Waals surface area contributed by atoms with Crippen LogP contribution in [-0.2, 0) is 4.79 Å². The molecule has 0 bridgehead atoms. The molecule has 0 aliphatic rings. The number of carbonyl (C=O) groups excluding carboxylic acids is 1. The normalized spacial score (nSPS) is 19.5. The van der Waals surface area contributed by atoms with Crippen molar-refractivity contribution >= 4 is 35.8 Å². The number of hydrogen-bond acceptors (Lipinski definition) is 6. The smallest absolute Gasteiger partial charge is 0.139 e. The molecule has 13 heavy (non-hydrogen) atoms. The third-order valence-electron chi connectivity index (χ3n) is 1.48. The Morgan fingerprint density at radius 2 is 1.69 bits per heavy atom. The van der Waals surface area contributed by atoms with E-state index in [-0.39, 0.29) is 35.8 Å². The maximum absolute atomic E-state index is 10.0. The summed E-state index contributed by atoms with van der Waals surface area (Å²) in [6.07, 6.45) is -4.43. The summed E-state index contributed by atoms with van der Waals surface area (Å²) in [4.78, 5) is 10.0. The monoisotopic (exact) mass is 202 g/mol. The number of rotatable bonds is 5. The summed E-state index contributed by atoms with van der Waals surface area (Å²) < 4.78 is 0. The van der Waals surface area contributed by atoms with Gasteiger partial charge in [-0.05, 0) is 0 Å². The summed E-state index contributed by atoms with van der Waals surface area (Å²) >= 11 is 0. The van der Waals surface area contributed by atoms with Gasteiger partial charge in [-0.25, -0.2) is 0 Å². The van der Waals surface area contributed by atoms with Gasteiger partial charge in [-0.15, -0.1) is 0 Å². The summed E-state index contributed by atoms with van der Waals surface area (Å²) in [5.74, 6) is 0. The van der Waals surface area contributed by atoms with Crippen molar-refractivity contribution in [2.75, 3.05) is 6.61 Å². The number of aldehydes is 1.